The van der Waals surface area contributed by atoms with E-state index in [1.807, 2.05) is 11.3 Å². The van der Waals surface area contributed by atoms with Crippen LogP contribution in [-0.4, -0.2) is 13.3 Å². The summed E-state index contributed by atoms with van der Waals surface area (Å²) < 4.78 is 3.19. The van der Waals surface area contributed by atoms with Gasteiger partial charge in [0.05, 0.1) is 0 Å². The third kappa shape index (κ3) is 1.75. The fourth-order valence-corrected chi connectivity index (χ4v) is 7.61. The number of hydrogen-bond acceptors (Lipinski definition) is 1. The number of benzene rings is 1. The van der Waals surface area contributed by atoms with Crippen molar-refractivity contribution in [2.75, 3.05) is 0 Å². The zero-order valence-corrected chi connectivity index (χ0v) is 12.1. The van der Waals surface area contributed by atoms with Crippen LogP contribution in [0.1, 0.15) is 4.88 Å². The number of aryl methyl sites for hydroxylation is 1. The second kappa shape index (κ2) is 3.39. The van der Waals surface area contributed by atoms with E-state index in [0.29, 0.717) is 0 Å². The molecule has 1 heterocycles. The molecular formula is C12H16GeS. The minimum atomic E-state index is -1.67. The van der Waals surface area contributed by atoms with Crippen LogP contribution in [0.15, 0.2) is 24.3 Å². The van der Waals surface area contributed by atoms with Crippen molar-refractivity contribution in [3.05, 3.63) is 29.1 Å². The van der Waals surface area contributed by atoms with Gasteiger partial charge in [-0.25, -0.2) is 0 Å². The summed E-state index contributed by atoms with van der Waals surface area (Å²) in [5.74, 6) is 7.39. The summed E-state index contributed by atoms with van der Waals surface area (Å²) in [5.41, 5.74) is 0. The third-order valence-corrected chi connectivity index (χ3v) is 8.22. The molecule has 0 aliphatic rings. The molecule has 0 atom stereocenters. The van der Waals surface area contributed by atoms with E-state index < -0.39 is 13.3 Å². The van der Waals surface area contributed by atoms with Crippen molar-refractivity contribution in [2.24, 2.45) is 0 Å². The molecule has 0 saturated carbocycles. The second-order valence-electron chi connectivity index (χ2n) is 4.83. The van der Waals surface area contributed by atoms with Gasteiger partial charge in [-0.05, 0) is 0 Å². The van der Waals surface area contributed by atoms with E-state index in [9.17, 15) is 0 Å². The number of hydrogen-bond donors (Lipinski definition) is 0. The summed E-state index contributed by atoms with van der Waals surface area (Å²) in [6, 6.07) is 9.08. The second-order valence-corrected chi connectivity index (χ2v) is 16.7. The Kier molecular flexibility index (Phi) is 2.48. The first-order valence-corrected chi connectivity index (χ1v) is 13.1. The molecule has 0 fully saturated rings. The summed E-state index contributed by atoms with van der Waals surface area (Å²) in [6.07, 6.45) is 0. The van der Waals surface area contributed by atoms with Crippen molar-refractivity contribution in [1.82, 2.24) is 0 Å². The SMILES string of the molecule is Cc1cc2ccc[c]([Ge]([CH3])([CH3])[CH3])c2s1. The first-order chi connectivity index (χ1) is 6.48. The number of fused-ring (bicyclic) bond motifs is 1. The number of rotatable bonds is 1. The van der Waals surface area contributed by atoms with Crippen LogP contribution in [0.4, 0.5) is 0 Å². The standard InChI is InChI=1S/C12H16GeS/c1-9-8-10-6-5-7-11(12(10)14-9)13(2,3)4/h5-8H,1-4H3. The van der Waals surface area contributed by atoms with Gasteiger partial charge in [0.2, 0.25) is 0 Å². The molecule has 0 nitrogen and oxygen atoms in total. The first kappa shape index (κ1) is 10.2. The van der Waals surface area contributed by atoms with E-state index in [4.69, 9.17) is 0 Å². The van der Waals surface area contributed by atoms with Gasteiger partial charge in [-0.15, -0.1) is 0 Å². The fraction of sp³-hybridized carbons (Fsp3) is 0.333. The van der Waals surface area contributed by atoms with Gasteiger partial charge >= 0.3 is 92.4 Å². The molecule has 0 radical (unpaired) electrons. The summed E-state index contributed by atoms with van der Waals surface area (Å²) in [4.78, 5) is 1.43. The maximum atomic E-state index is 2.46. The van der Waals surface area contributed by atoms with Gasteiger partial charge in [-0.2, -0.15) is 0 Å². The van der Waals surface area contributed by atoms with Crippen LogP contribution in [0.3, 0.4) is 0 Å². The van der Waals surface area contributed by atoms with E-state index in [1.54, 1.807) is 4.40 Å². The van der Waals surface area contributed by atoms with Crippen LogP contribution in [0.5, 0.6) is 0 Å². The molecule has 74 valence electrons. The molecule has 0 spiro atoms. The van der Waals surface area contributed by atoms with Gasteiger partial charge in [0, 0.05) is 0 Å². The van der Waals surface area contributed by atoms with Crippen molar-refractivity contribution < 1.29 is 0 Å². The monoisotopic (exact) mass is 266 g/mol. The van der Waals surface area contributed by atoms with E-state index in [1.165, 1.54) is 15.0 Å². The van der Waals surface area contributed by atoms with Crippen LogP contribution in [-0.2, 0) is 0 Å². The van der Waals surface area contributed by atoms with Gasteiger partial charge in [0.25, 0.3) is 0 Å². The molecule has 2 heteroatoms. The molecule has 0 aliphatic heterocycles. The van der Waals surface area contributed by atoms with Crippen LogP contribution in [0, 0.1) is 6.92 Å². The first-order valence-electron chi connectivity index (χ1n) is 4.98. The molecule has 2 rings (SSSR count). The van der Waals surface area contributed by atoms with Gasteiger partial charge in [0.15, 0.2) is 0 Å². The molecule has 2 aromatic rings. The van der Waals surface area contributed by atoms with Crippen molar-refractivity contribution in [1.29, 1.82) is 0 Å². The molecule has 0 amide bonds. The average Bonchev–Trinajstić information content (AvgIpc) is 2.41. The predicted molar refractivity (Wildman–Crippen MR) is 69.5 cm³/mol. The van der Waals surface area contributed by atoms with Crippen molar-refractivity contribution in [3.63, 3.8) is 0 Å². The minimum absolute atomic E-state index is 1.43. The molecule has 0 unspecified atom stereocenters. The summed E-state index contributed by atoms with van der Waals surface area (Å²) in [6.45, 7) is 2.20. The molecule has 0 N–H and O–H groups in total. The molecule has 0 aliphatic carbocycles. The zero-order chi connectivity index (χ0) is 10.3. The average molecular weight is 265 g/mol. The zero-order valence-electron chi connectivity index (χ0n) is 9.22. The van der Waals surface area contributed by atoms with Gasteiger partial charge in [-0.1, -0.05) is 0 Å². The summed E-state index contributed by atoms with van der Waals surface area (Å²) in [7, 11) is 0. The Hall–Kier alpha value is -0.277. The fourth-order valence-electron chi connectivity index (χ4n) is 1.78. The summed E-state index contributed by atoms with van der Waals surface area (Å²) >= 11 is 0.281. The maximum absolute atomic E-state index is 2.46. The van der Waals surface area contributed by atoms with E-state index >= 15 is 0 Å². The molecule has 1 aromatic carbocycles. The van der Waals surface area contributed by atoms with Crippen molar-refractivity contribution >= 4 is 39.1 Å². The molecular weight excluding hydrogens is 249 g/mol. The molecule has 1 aromatic heterocycles. The normalized spacial score (nSPS) is 12.3. The van der Waals surface area contributed by atoms with Gasteiger partial charge in [-0.3, -0.25) is 0 Å². The van der Waals surface area contributed by atoms with Crippen LogP contribution in [0.2, 0.25) is 17.3 Å². The Bertz CT molecular complexity index is 463. The van der Waals surface area contributed by atoms with Crippen LogP contribution >= 0.6 is 11.3 Å². The van der Waals surface area contributed by atoms with E-state index in [-0.39, 0.29) is 0 Å². The Balaban J connectivity index is 2.77. The molecule has 14 heavy (non-hydrogen) atoms. The van der Waals surface area contributed by atoms with Gasteiger partial charge in [0.1, 0.15) is 0 Å². The summed E-state index contributed by atoms with van der Waals surface area (Å²) in [5, 5.41) is 1.44. The Morgan fingerprint density at radius 1 is 1.14 bits per heavy atom. The Labute approximate surface area is 92.3 Å². The topological polar surface area (TPSA) is 0 Å². The third-order valence-electron chi connectivity index (χ3n) is 2.48. The van der Waals surface area contributed by atoms with Crippen molar-refractivity contribution in [3.8, 4) is 0 Å². The Morgan fingerprint density at radius 2 is 1.86 bits per heavy atom. The number of thiophene rings is 1. The molecule has 0 bridgehead atoms. The molecule has 0 saturated heterocycles. The van der Waals surface area contributed by atoms with Gasteiger partial charge < -0.3 is 0 Å². The van der Waals surface area contributed by atoms with Crippen LogP contribution in [0.25, 0.3) is 10.1 Å². The van der Waals surface area contributed by atoms with Crippen molar-refractivity contribution in [2.45, 2.75) is 24.2 Å². The Morgan fingerprint density at radius 3 is 2.50 bits per heavy atom. The van der Waals surface area contributed by atoms with E-state index in [2.05, 4.69) is 48.5 Å². The predicted octanol–water partition coefficient (Wildman–Crippen LogP) is 3.75. The quantitative estimate of drug-likeness (QED) is 0.688. The van der Waals surface area contributed by atoms with E-state index in [0.717, 1.165) is 0 Å². The van der Waals surface area contributed by atoms with Crippen LogP contribution < -0.4 is 4.40 Å².